The normalized spacial score (nSPS) is 22.6. The van der Waals surface area contributed by atoms with E-state index in [-0.39, 0.29) is 24.0 Å². The molecule has 0 N–H and O–H groups in total. The monoisotopic (exact) mass is 308 g/mol. The Hall–Kier alpha value is -1.50. The van der Waals surface area contributed by atoms with Crippen LogP contribution in [-0.4, -0.2) is 37.5 Å². The van der Waals surface area contributed by atoms with Crippen molar-refractivity contribution in [3.05, 3.63) is 0 Å². The third kappa shape index (κ3) is 4.50. The second-order valence-electron chi connectivity index (χ2n) is 6.18. The van der Waals surface area contributed by atoms with Crippen LogP contribution in [0.5, 0.6) is 0 Å². The SMILES string of the molecule is COC(C)C(C)C(C)(C#N)N=NC(C)(C#N)C(C)C(C)OC. The van der Waals surface area contributed by atoms with Crippen molar-refractivity contribution < 1.29 is 9.47 Å². The molecule has 0 radical (unpaired) electrons. The molecule has 0 aliphatic heterocycles. The van der Waals surface area contributed by atoms with E-state index in [1.54, 1.807) is 28.1 Å². The number of nitriles is 2. The summed E-state index contributed by atoms with van der Waals surface area (Å²) in [5.74, 6) is -0.325. The molecule has 0 aliphatic carbocycles. The van der Waals surface area contributed by atoms with Crippen molar-refractivity contribution in [2.45, 2.75) is 64.8 Å². The Kier molecular flexibility index (Phi) is 7.66. The maximum Gasteiger partial charge on any atom is 0.169 e. The van der Waals surface area contributed by atoms with Gasteiger partial charge in [0.2, 0.25) is 0 Å². The van der Waals surface area contributed by atoms with E-state index in [0.29, 0.717) is 0 Å². The maximum absolute atomic E-state index is 9.50. The molecule has 0 saturated heterocycles. The first-order valence-electron chi connectivity index (χ1n) is 7.44. The Balaban J connectivity index is 5.50. The lowest BCUT2D eigenvalue weighted by Gasteiger charge is -2.31. The Bertz CT molecular complexity index is 426. The fourth-order valence-corrected chi connectivity index (χ4v) is 1.96. The van der Waals surface area contributed by atoms with Crippen LogP contribution in [0.15, 0.2) is 10.2 Å². The topological polar surface area (TPSA) is 90.8 Å². The third-order valence-corrected chi connectivity index (χ3v) is 4.84. The molecular weight excluding hydrogens is 280 g/mol. The van der Waals surface area contributed by atoms with Gasteiger partial charge in [0, 0.05) is 26.1 Å². The van der Waals surface area contributed by atoms with E-state index >= 15 is 0 Å². The summed E-state index contributed by atoms with van der Waals surface area (Å²) in [4.78, 5) is 0. The van der Waals surface area contributed by atoms with Gasteiger partial charge >= 0.3 is 0 Å². The van der Waals surface area contributed by atoms with Crippen LogP contribution in [0.2, 0.25) is 0 Å². The van der Waals surface area contributed by atoms with Gasteiger partial charge in [-0.2, -0.15) is 20.8 Å². The first-order chi connectivity index (χ1) is 10.1. The Morgan fingerprint density at radius 3 is 1.23 bits per heavy atom. The molecular formula is C16H28N4O2. The van der Waals surface area contributed by atoms with Gasteiger partial charge in [-0.25, -0.2) is 0 Å². The summed E-state index contributed by atoms with van der Waals surface area (Å²) in [6, 6.07) is 4.38. The standard InChI is InChI=1S/C16H28N4O2/c1-11(13(3)21-7)15(5,9-17)19-20-16(6,10-18)12(2)14(4)22-8/h11-14H,1-8H3. The summed E-state index contributed by atoms with van der Waals surface area (Å²) >= 11 is 0. The lowest BCUT2D eigenvalue weighted by molar-refractivity contribution is 0.0462. The molecule has 0 fully saturated rings. The number of rotatable bonds is 8. The van der Waals surface area contributed by atoms with E-state index in [1.165, 1.54) is 0 Å². The lowest BCUT2D eigenvalue weighted by Crippen LogP contribution is -2.40. The number of methoxy groups -OCH3 is 2. The summed E-state index contributed by atoms with van der Waals surface area (Å²) in [5, 5.41) is 27.5. The van der Waals surface area contributed by atoms with E-state index < -0.39 is 11.1 Å². The Labute approximate surface area is 134 Å². The van der Waals surface area contributed by atoms with Gasteiger partial charge in [-0.15, -0.1) is 0 Å². The minimum absolute atomic E-state index is 0.146. The number of hydrogen-bond acceptors (Lipinski definition) is 6. The second-order valence-corrected chi connectivity index (χ2v) is 6.18. The highest BCUT2D eigenvalue weighted by Crippen LogP contribution is 2.31. The molecule has 0 aromatic heterocycles. The van der Waals surface area contributed by atoms with Crippen molar-refractivity contribution in [3.8, 4) is 12.1 Å². The Morgan fingerprint density at radius 2 is 1.05 bits per heavy atom. The molecule has 0 aliphatic rings. The number of hydrogen-bond donors (Lipinski definition) is 0. The summed E-state index contributed by atoms with van der Waals surface area (Å²) in [6.07, 6.45) is -0.292. The molecule has 0 heterocycles. The smallest absolute Gasteiger partial charge is 0.169 e. The van der Waals surface area contributed by atoms with Crippen LogP contribution in [0.3, 0.4) is 0 Å². The van der Waals surface area contributed by atoms with Gasteiger partial charge in [-0.3, -0.25) is 0 Å². The van der Waals surface area contributed by atoms with E-state index in [0.717, 1.165) is 0 Å². The van der Waals surface area contributed by atoms with Crippen LogP contribution >= 0.6 is 0 Å². The highest BCUT2D eigenvalue weighted by Gasteiger charge is 2.39. The first kappa shape index (κ1) is 20.5. The van der Waals surface area contributed by atoms with Crippen LogP contribution in [0.1, 0.15) is 41.5 Å². The summed E-state index contributed by atoms with van der Waals surface area (Å²) in [7, 11) is 3.19. The fraction of sp³-hybridized carbons (Fsp3) is 0.875. The predicted octanol–water partition coefficient (Wildman–Crippen LogP) is 3.35. The Morgan fingerprint density at radius 1 is 0.773 bits per heavy atom. The summed E-state index contributed by atoms with van der Waals surface area (Å²) in [6.45, 7) is 11.0. The van der Waals surface area contributed by atoms with Crippen LogP contribution < -0.4 is 0 Å². The van der Waals surface area contributed by atoms with E-state index in [1.807, 2.05) is 27.7 Å². The molecule has 0 aromatic carbocycles. The molecule has 6 atom stereocenters. The third-order valence-electron chi connectivity index (χ3n) is 4.84. The van der Waals surface area contributed by atoms with Gasteiger partial charge in [-0.1, -0.05) is 13.8 Å². The van der Waals surface area contributed by atoms with Gasteiger partial charge in [-0.05, 0) is 27.7 Å². The highest BCUT2D eigenvalue weighted by atomic mass is 16.5. The van der Waals surface area contributed by atoms with Crippen LogP contribution in [-0.2, 0) is 9.47 Å². The van der Waals surface area contributed by atoms with Gasteiger partial charge in [0.15, 0.2) is 11.1 Å². The maximum atomic E-state index is 9.50. The molecule has 0 amide bonds. The van der Waals surface area contributed by atoms with Crippen molar-refractivity contribution in [2.24, 2.45) is 22.1 Å². The first-order valence-corrected chi connectivity index (χ1v) is 7.44. The van der Waals surface area contributed by atoms with Crippen LogP contribution in [0.25, 0.3) is 0 Å². The van der Waals surface area contributed by atoms with Crippen molar-refractivity contribution in [1.29, 1.82) is 10.5 Å². The summed E-state index contributed by atoms with van der Waals surface area (Å²) in [5.41, 5.74) is -2.10. The molecule has 6 unspecified atom stereocenters. The summed E-state index contributed by atoms with van der Waals surface area (Å²) < 4.78 is 10.6. The molecule has 6 nitrogen and oxygen atoms in total. The van der Waals surface area contributed by atoms with Crippen molar-refractivity contribution in [3.63, 3.8) is 0 Å². The van der Waals surface area contributed by atoms with E-state index in [2.05, 4.69) is 22.4 Å². The van der Waals surface area contributed by atoms with Gasteiger partial charge in [0.25, 0.3) is 0 Å². The second kappa shape index (κ2) is 8.22. The molecule has 0 saturated carbocycles. The van der Waals surface area contributed by atoms with Gasteiger partial charge in [0.1, 0.15) is 0 Å². The molecule has 6 heteroatoms. The average Bonchev–Trinajstić information content (AvgIpc) is 2.56. The zero-order valence-electron chi connectivity index (χ0n) is 14.9. The fourth-order valence-electron chi connectivity index (χ4n) is 1.96. The van der Waals surface area contributed by atoms with Crippen molar-refractivity contribution in [1.82, 2.24) is 0 Å². The molecule has 0 spiro atoms. The molecule has 0 aromatic rings. The number of ether oxygens (including phenoxy) is 2. The predicted molar refractivity (Wildman–Crippen MR) is 84.2 cm³/mol. The number of azo groups is 1. The van der Waals surface area contributed by atoms with Crippen LogP contribution in [0, 0.1) is 34.5 Å². The molecule has 0 rings (SSSR count). The van der Waals surface area contributed by atoms with E-state index in [4.69, 9.17) is 9.47 Å². The van der Waals surface area contributed by atoms with Gasteiger partial charge in [0.05, 0.1) is 24.3 Å². The zero-order chi connectivity index (χ0) is 17.6. The van der Waals surface area contributed by atoms with Crippen molar-refractivity contribution in [2.75, 3.05) is 14.2 Å². The number of nitrogens with zero attached hydrogens (tertiary/aromatic N) is 4. The molecule has 0 bridgehead atoms. The average molecular weight is 308 g/mol. The molecule has 22 heavy (non-hydrogen) atoms. The molecule has 124 valence electrons. The van der Waals surface area contributed by atoms with Crippen LogP contribution in [0.4, 0.5) is 0 Å². The van der Waals surface area contributed by atoms with Gasteiger partial charge < -0.3 is 9.47 Å². The highest BCUT2D eigenvalue weighted by molar-refractivity contribution is 5.12. The van der Waals surface area contributed by atoms with Crippen molar-refractivity contribution >= 4 is 0 Å². The lowest BCUT2D eigenvalue weighted by atomic mass is 9.84. The minimum Gasteiger partial charge on any atom is -0.381 e. The quantitative estimate of drug-likeness (QED) is 0.643. The van der Waals surface area contributed by atoms with E-state index in [9.17, 15) is 10.5 Å². The minimum atomic E-state index is -1.05. The largest absolute Gasteiger partial charge is 0.381 e. The zero-order valence-corrected chi connectivity index (χ0v) is 14.9.